The molecule has 0 heterocycles. The van der Waals surface area contributed by atoms with E-state index in [1.807, 2.05) is 12.1 Å². The summed E-state index contributed by atoms with van der Waals surface area (Å²) in [5, 5.41) is 14.5. The van der Waals surface area contributed by atoms with Crippen LogP contribution in [0, 0.1) is 16.0 Å². The Kier molecular flexibility index (Phi) is 5.54. The lowest BCUT2D eigenvalue weighted by Gasteiger charge is -2.28. The Morgan fingerprint density at radius 2 is 2.10 bits per heavy atom. The summed E-state index contributed by atoms with van der Waals surface area (Å²) in [6, 6.07) is 5.67. The molecule has 1 atom stereocenters. The number of nitro benzene ring substituents is 1. The molecule has 0 bridgehead atoms. The van der Waals surface area contributed by atoms with Crippen LogP contribution in [0.2, 0.25) is 0 Å². The van der Waals surface area contributed by atoms with E-state index in [4.69, 9.17) is 0 Å². The van der Waals surface area contributed by atoms with Crippen LogP contribution in [-0.2, 0) is 6.54 Å². The lowest BCUT2D eigenvalue weighted by molar-refractivity contribution is -0.385. The van der Waals surface area contributed by atoms with E-state index in [0.29, 0.717) is 18.5 Å². The van der Waals surface area contributed by atoms with Crippen LogP contribution in [0.4, 0.5) is 5.69 Å². The van der Waals surface area contributed by atoms with Gasteiger partial charge in [-0.05, 0) is 37.8 Å². The predicted molar refractivity (Wildman–Crippen MR) is 83.7 cm³/mol. The SMILES string of the molecule is CC(NCc1ccc(Br)cc1[N+](=O)[O-])C1CCCCC1. The Labute approximate surface area is 128 Å². The molecule has 5 heteroatoms. The molecule has 0 aromatic heterocycles. The van der Waals surface area contributed by atoms with Crippen molar-refractivity contribution in [2.45, 2.75) is 51.6 Å². The van der Waals surface area contributed by atoms with Gasteiger partial charge >= 0.3 is 0 Å². The monoisotopic (exact) mass is 340 g/mol. The Bertz CT molecular complexity index is 473. The fraction of sp³-hybridized carbons (Fsp3) is 0.600. The molecule has 1 unspecified atom stereocenters. The number of hydrogen-bond acceptors (Lipinski definition) is 3. The maximum absolute atomic E-state index is 11.1. The second-order valence-electron chi connectivity index (χ2n) is 5.60. The molecule has 1 saturated carbocycles. The van der Waals surface area contributed by atoms with E-state index in [1.165, 1.54) is 32.1 Å². The topological polar surface area (TPSA) is 55.2 Å². The fourth-order valence-corrected chi connectivity index (χ4v) is 3.28. The lowest BCUT2D eigenvalue weighted by Crippen LogP contribution is -2.34. The summed E-state index contributed by atoms with van der Waals surface area (Å²) in [6.45, 7) is 2.75. The predicted octanol–water partition coefficient (Wildman–Crippen LogP) is 4.42. The zero-order valence-corrected chi connectivity index (χ0v) is 13.4. The molecule has 20 heavy (non-hydrogen) atoms. The Morgan fingerprint density at radius 3 is 2.75 bits per heavy atom. The summed E-state index contributed by atoms with van der Waals surface area (Å²) in [5.41, 5.74) is 0.934. The van der Waals surface area contributed by atoms with Crippen LogP contribution in [0.15, 0.2) is 22.7 Å². The third-order valence-corrected chi connectivity index (χ3v) is 4.71. The maximum atomic E-state index is 11.1. The van der Waals surface area contributed by atoms with Crippen LogP contribution < -0.4 is 5.32 Å². The zero-order chi connectivity index (χ0) is 14.5. The van der Waals surface area contributed by atoms with Crippen molar-refractivity contribution in [2.24, 2.45) is 5.92 Å². The van der Waals surface area contributed by atoms with E-state index in [1.54, 1.807) is 6.07 Å². The van der Waals surface area contributed by atoms with E-state index >= 15 is 0 Å². The first kappa shape index (κ1) is 15.4. The van der Waals surface area contributed by atoms with Crippen molar-refractivity contribution in [3.8, 4) is 0 Å². The molecule has 1 fully saturated rings. The van der Waals surface area contributed by atoms with Gasteiger partial charge in [-0.2, -0.15) is 0 Å². The van der Waals surface area contributed by atoms with E-state index in [9.17, 15) is 10.1 Å². The number of rotatable bonds is 5. The summed E-state index contributed by atoms with van der Waals surface area (Å²) < 4.78 is 0.744. The third kappa shape index (κ3) is 4.03. The Hall–Kier alpha value is -0.940. The van der Waals surface area contributed by atoms with Crippen LogP contribution in [0.25, 0.3) is 0 Å². The third-order valence-electron chi connectivity index (χ3n) is 4.22. The van der Waals surface area contributed by atoms with Crippen LogP contribution in [0.1, 0.15) is 44.6 Å². The average molecular weight is 341 g/mol. The Morgan fingerprint density at radius 1 is 1.40 bits per heavy atom. The van der Waals surface area contributed by atoms with Crippen molar-refractivity contribution < 1.29 is 4.92 Å². The summed E-state index contributed by atoms with van der Waals surface area (Å²) in [6.07, 6.45) is 6.53. The largest absolute Gasteiger partial charge is 0.310 e. The number of halogens is 1. The molecule has 1 aromatic rings. The molecule has 1 aliphatic rings. The fourth-order valence-electron chi connectivity index (χ4n) is 2.93. The minimum atomic E-state index is -0.312. The van der Waals surface area contributed by atoms with Crippen LogP contribution in [0.3, 0.4) is 0 Å². The minimum absolute atomic E-state index is 0.183. The van der Waals surface area contributed by atoms with E-state index in [0.717, 1.165) is 10.0 Å². The summed E-state index contributed by atoms with van der Waals surface area (Å²) in [4.78, 5) is 10.8. The smallest absolute Gasteiger partial charge is 0.275 e. The first-order valence-corrected chi connectivity index (χ1v) is 8.03. The number of nitro groups is 1. The quantitative estimate of drug-likeness (QED) is 0.637. The van der Waals surface area contributed by atoms with Crippen molar-refractivity contribution in [3.63, 3.8) is 0 Å². The van der Waals surface area contributed by atoms with E-state index in [2.05, 4.69) is 28.2 Å². The second-order valence-corrected chi connectivity index (χ2v) is 6.51. The van der Waals surface area contributed by atoms with Crippen molar-refractivity contribution in [2.75, 3.05) is 0 Å². The van der Waals surface area contributed by atoms with Gasteiger partial charge in [-0.15, -0.1) is 0 Å². The van der Waals surface area contributed by atoms with Crippen molar-refractivity contribution in [1.29, 1.82) is 0 Å². The second kappa shape index (κ2) is 7.18. The molecule has 0 spiro atoms. The van der Waals surface area contributed by atoms with Gasteiger partial charge in [0.15, 0.2) is 0 Å². The molecule has 0 amide bonds. The van der Waals surface area contributed by atoms with Gasteiger partial charge in [0.1, 0.15) is 0 Å². The molecule has 1 aromatic carbocycles. The standard InChI is InChI=1S/C15H21BrN2O2/c1-11(12-5-3-2-4-6-12)17-10-13-7-8-14(16)9-15(13)18(19)20/h7-9,11-12,17H,2-6,10H2,1H3. The van der Waals surface area contributed by atoms with Gasteiger partial charge in [-0.1, -0.05) is 35.2 Å². The minimum Gasteiger partial charge on any atom is -0.310 e. The van der Waals surface area contributed by atoms with Gasteiger partial charge in [-0.3, -0.25) is 10.1 Å². The van der Waals surface area contributed by atoms with Gasteiger partial charge in [-0.25, -0.2) is 0 Å². The van der Waals surface area contributed by atoms with E-state index in [-0.39, 0.29) is 10.6 Å². The van der Waals surface area contributed by atoms with Crippen LogP contribution in [0.5, 0.6) is 0 Å². The maximum Gasteiger partial charge on any atom is 0.275 e. The van der Waals surface area contributed by atoms with Crippen LogP contribution >= 0.6 is 15.9 Å². The molecule has 2 rings (SSSR count). The highest BCUT2D eigenvalue weighted by Gasteiger charge is 2.21. The summed E-state index contributed by atoms with van der Waals surface area (Å²) in [5.74, 6) is 0.707. The average Bonchev–Trinajstić information content (AvgIpc) is 2.46. The molecule has 0 saturated heterocycles. The highest BCUT2D eigenvalue weighted by Crippen LogP contribution is 2.27. The summed E-state index contributed by atoms with van der Waals surface area (Å²) in [7, 11) is 0. The van der Waals surface area contributed by atoms with Gasteiger partial charge in [0.2, 0.25) is 0 Å². The molecule has 4 nitrogen and oxygen atoms in total. The highest BCUT2D eigenvalue weighted by atomic mass is 79.9. The first-order valence-electron chi connectivity index (χ1n) is 7.24. The number of benzene rings is 1. The van der Waals surface area contributed by atoms with Gasteiger partial charge in [0, 0.05) is 28.7 Å². The van der Waals surface area contributed by atoms with Crippen molar-refractivity contribution >= 4 is 21.6 Å². The first-order chi connectivity index (χ1) is 9.58. The molecule has 110 valence electrons. The normalized spacial score (nSPS) is 17.9. The van der Waals surface area contributed by atoms with E-state index < -0.39 is 0 Å². The van der Waals surface area contributed by atoms with Gasteiger partial charge in [0.25, 0.3) is 5.69 Å². The molecular formula is C15H21BrN2O2. The molecular weight excluding hydrogens is 320 g/mol. The Balaban J connectivity index is 1.97. The number of nitrogens with one attached hydrogen (secondary N) is 1. The number of hydrogen-bond donors (Lipinski definition) is 1. The molecule has 1 aliphatic carbocycles. The molecule has 0 aliphatic heterocycles. The lowest BCUT2D eigenvalue weighted by atomic mass is 9.84. The zero-order valence-electron chi connectivity index (χ0n) is 11.8. The molecule has 1 N–H and O–H groups in total. The van der Waals surface area contributed by atoms with Gasteiger partial charge in [0.05, 0.1) is 4.92 Å². The molecule has 0 radical (unpaired) electrons. The number of nitrogens with zero attached hydrogens (tertiary/aromatic N) is 1. The summed E-state index contributed by atoms with van der Waals surface area (Å²) >= 11 is 3.28. The highest BCUT2D eigenvalue weighted by molar-refractivity contribution is 9.10. The van der Waals surface area contributed by atoms with Crippen molar-refractivity contribution in [1.82, 2.24) is 5.32 Å². The van der Waals surface area contributed by atoms with Crippen molar-refractivity contribution in [3.05, 3.63) is 38.3 Å². The van der Waals surface area contributed by atoms with Gasteiger partial charge < -0.3 is 5.32 Å². The van der Waals surface area contributed by atoms with Crippen LogP contribution in [-0.4, -0.2) is 11.0 Å².